The highest BCUT2D eigenvalue weighted by molar-refractivity contribution is 7.99. The summed E-state index contributed by atoms with van der Waals surface area (Å²) in [4.78, 5) is 14.9. The third-order valence-corrected chi connectivity index (χ3v) is 5.71. The van der Waals surface area contributed by atoms with Gasteiger partial charge in [-0.05, 0) is 31.4 Å². The predicted molar refractivity (Wildman–Crippen MR) is 98.0 cm³/mol. The molecule has 0 atom stereocenters. The Morgan fingerprint density at radius 1 is 1.20 bits per heavy atom. The van der Waals surface area contributed by atoms with E-state index in [1.165, 1.54) is 19.3 Å². The van der Waals surface area contributed by atoms with E-state index in [0.717, 1.165) is 41.9 Å². The van der Waals surface area contributed by atoms with Gasteiger partial charge < -0.3 is 9.40 Å². The third kappa shape index (κ3) is 3.66. The second-order valence-corrected chi connectivity index (χ2v) is 7.59. The van der Waals surface area contributed by atoms with E-state index in [0.29, 0.717) is 17.7 Å². The maximum atomic E-state index is 12.0. The fraction of sp³-hybridized carbons (Fsp3) is 0.500. The first-order valence-corrected chi connectivity index (χ1v) is 9.93. The molecule has 6 nitrogen and oxygen atoms in total. The Balaban J connectivity index is 1.31. The van der Waals surface area contributed by atoms with E-state index in [-0.39, 0.29) is 5.69 Å². The van der Waals surface area contributed by atoms with Gasteiger partial charge in [0.05, 0.1) is 11.0 Å². The van der Waals surface area contributed by atoms with Crippen molar-refractivity contribution in [1.29, 1.82) is 0 Å². The van der Waals surface area contributed by atoms with E-state index in [1.807, 2.05) is 24.3 Å². The van der Waals surface area contributed by atoms with Crippen LogP contribution in [-0.4, -0.2) is 25.5 Å². The molecule has 0 spiro atoms. The predicted octanol–water partition coefficient (Wildman–Crippen LogP) is 3.94. The molecule has 1 N–H and O–H groups in total. The van der Waals surface area contributed by atoms with Crippen molar-refractivity contribution in [2.24, 2.45) is 0 Å². The number of para-hydroxylation sites is 2. The van der Waals surface area contributed by atoms with E-state index in [1.54, 1.807) is 16.3 Å². The van der Waals surface area contributed by atoms with Gasteiger partial charge in [-0.15, -0.1) is 10.2 Å². The van der Waals surface area contributed by atoms with E-state index >= 15 is 0 Å². The maximum Gasteiger partial charge on any atom is 0.326 e. The van der Waals surface area contributed by atoms with Crippen LogP contribution in [0, 0.1) is 0 Å². The summed E-state index contributed by atoms with van der Waals surface area (Å²) in [6, 6.07) is 7.77. The molecule has 0 saturated heterocycles. The summed E-state index contributed by atoms with van der Waals surface area (Å²) in [6.45, 7) is 0.680. The second kappa shape index (κ2) is 7.47. The van der Waals surface area contributed by atoms with Gasteiger partial charge in [0.25, 0.3) is 5.22 Å². The van der Waals surface area contributed by atoms with Gasteiger partial charge in [-0.3, -0.25) is 4.57 Å². The van der Waals surface area contributed by atoms with Crippen molar-refractivity contribution in [2.45, 2.75) is 56.2 Å². The van der Waals surface area contributed by atoms with Crippen molar-refractivity contribution in [3.8, 4) is 0 Å². The molecule has 1 aliphatic carbocycles. The first kappa shape index (κ1) is 16.4. The SMILES string of the molecule is O=c1[nH]c2ccccc2n1CCCSc1nnc(C2CCCCC2)o1. The lowest BCUT2D eigenvalue weighted by atomic mass is 9.89. The highest BCUT2D eigenvalue weighted by atomic mass is 32.2. The van der Waals surface area contributed by atoms with Crippen molar-refractivity contribution in [2.75, 3.05) is 5.75 Å². The molecule has 1 saturated carbocycles. The van der Waals surface area contributed by atoms with Gasteiger partial charge in [0.1, 0.15) is 0 Å². The Labute approximate surface area is 150 Å². The van der Waals surface area contributed by atoms with E-state index in [9.17, 15) is 4.79 Å². The molecular formula is C18H22N4O2S. The van der Waals surface area contributed by atoms with Crippen molar-refractivity contribution < 1.29 is 4.42 Å². The van der Waals surface area contributed by atoms with Crippen molar-refractivity contribution >= 4 is 22.8 Å². The summed E-state index contributed by atoms with van der Waals surface area (Å²) in [7, 11) is 0. The van der Waals surface area contributed by atoms with Gasteiger partial charge in [-0.1, -0.05) is 43.2 Å². The summed E-state index contributed by atoms with van der Waals surface area (Å²) in [5, 5.41) is 9.04. The van der Waals surface area contributed by atoms with E-state index in [4.69, 9.17) is 4.42 Å². The minimum absolute atomic E-state index is 0.0522. The van der Waals surface area contributed by atoms with Gasteiger partial charge in [-0.25, -0.2) is 4.79 Å². The molecule has 2 heterocycles. The number of fused-ring (bicyclic) bond motifs is 1. The Morgan fingerprint density at radius 2 is 2.04 bits per heavy atom. The summed E-state index contributed by atoms with van der Waals surface area (Å²) in [6.07, 6.45) is 7.03. The van der Waals surface area contributed by atoms with Gasteiger partial charge in [0.2, 0.25) is 5.89 Å². The molecule has 0 aliphatic heterocycles. The number of aromatic nitrogens is 4. The zero-order valence-corrected chi connectivity index (χ0v) is 14.9. The number of benzene rings is 1. The molecule has 0 unspecified atom stereocenters. The maximum absolute atomic E-state index is 12.0. The largest absolute Gasteiger partial charge is 0.416 e. The number of hydrogen-bond acceptors (Lipinski definition) is 5. The van der Waals surface area contributed by atoms with Crippen LogP contribution in [0.4, 0.5) is 0 Å². The molecule has 4 rings (SSSR count). The lowest BCUT2D eigenvalue weighted by Crippen LogP contribution is -2.17. The molecule has 0 radical (unpaired) electrons. The summed E-state index contributed by atoms with van der Waals surface area (Å²) >= 11 is 1.57. The molecule has 3 aromatic rings. The standard InChI is InChI=1S/C18H22N4O2S/c23-17-19-14-9-4-5-10-15(14)22(17)11-6-12-25-18-21-20-16(24-18)13-7-2-1-3-8-13/h4-5,9-10,13H,1-3,6-8,11-12H2,(H,19,23). The smallest absolute Gasteiger partial charge is 0.326 e. The first-order chi connectivity index (χ1) is 12.3. The van der Waals surface area contributed by atoms with Gasteiger partial charge in [-0.2, -0.15) is 0 Å². The molecule has 132 valence electrons. The number of thioether (sulfide) groups is 1. The zero-order chi connectivity index (χ0) is 17.1. The number of aryl methyl sites for hydroxylation is 1. The van der Waals surface area contributed by atoms with E-state index in [2.05, 4.69) is 15.2 Å². The Hall–Kier alpha value is -2.02. The summed E-state index contributed by atoms with van der Waals surface area (Å²) in [5.74, 6) is 2.09. The summed E-state index contributed by atoms with van der Waals surface area (Å²) < 4.78 is 7.61. The zero-order valence-electron chi connectivity index (χ0n) is 14.1. The number of rotatable bonds is 6. The fourth-order valence-electron chi connectivity index (χ4n) is 3.50. The molecular weight excluding hydrogens is 336 g/mol. The highest BCUT2D eigenvalue weighted by Gasteiger charge is 2.21. The number of hydrogen-bond donors (Lipinski definition) is 1. The minimum Gasteiger partial charge on any atom is -0.416 e. The number of aromatic amines is 1. The third-order valence-electron chi connectivity index (χ3n) is 4.81. The fourth-order valence-corrected chi connectivity index (χ4v) is 4.20. The Bertz CT molecular complexity index is 892. The minimum atomic E-state index is -0.0522. The average Bonchev–Trinajstić information content (AvgIpc) is 3.24. The first-order valence-electron chi connectivity index (χ1n) is 8.95. The van der Waals surface area contributed by atoms with Gasteiger partial charge >= 0.3 is 5.69 Å². The monoisotopic (exact) mass is 358 g/mol. The lowest BCUT2D eigenvalue weighted by molar-refractivity contribution is 0.334. The molecule has 25 heavy (non-hydrogen) atoms. The quantitative estimate of drug-likeness (QED) is 0.533. The Kier molecular flexibility index (Phi) is 4.92. The van der Waals surface area contributed by atoms with Crippen LogP contribution in [0.2, 0.25) is 0 Å². The number of nitrogens with zero attached hydrogens (tertiary/aromatic N) is 3. The van der Waals surface area contributed by atoms with Crippen LogP contribution in [-0.2, 0) is 6.54 Å². The van der Waals surface area contributed by atoms with Crippen LogP contribution < -0.4 is 5.69 Å². The average molecular weight is 358 g/mol. The van der Waals surface area contributed by atoms with Gasteiger partial charge in [0, 0.05) is 18.2 Å². The van der Waals surface area contributed by atoms with Crippen molar-refractivity contribution in [3.05, 3.63) is 40.6 Å². The van der Waals surface area contributed by atoms with Crippen LogP contribution in [0.5, 0.6) is 0 Å². The molecule has 0 bridgehead atoms. The number of imidazole rings is 1. The van der Waals surface area contributed by atoms with Gasteiger partial charge in [0.15, 0.2) is 0 Å². The number of nitrogens with one attached hydrogen (secondary N) is 1. The normalized spacial score (nSPS) is 15.8. The van der Waals surface area contributed by atoms with Crippen LogP contribution in [0.15, 0.2) is 38.7 Å². The molecule has 1 fully saturated rings. The van der Waals surface area contributed by atoms with Crippen molar-refractivity contribution in [3.63, 3.8) is 0 Å². The van der Waals surface area contributed by atoms with Crippen LogP contribution in [0.1, 0.15) is 50.3 Å². The summed E-state index contributed by atoms with van der Waals surface area (Å²) in [5.41, 5.74) is 1.78. The molecule has 1 aromatic carbocycles. The molecule has 2 aromatic heterocycles. The lowest BCUT2D eigenvalue weighted by Gasteiger charge is -2.17. The second-order valence-electron chi connectivity index (χ2n) is 6.54. The number of H-pyrrole nitrogens is 1. The highest BCUT2D eigenvalue weighted by Crippen LogP contribution is 2.32. The van der Waals surface area contributed by atoms with E-state index < -0.39 is 0 Å². The van der Waals surface area contributed by atoms with Crippen molar-refractivity contribution in [1.82, 2.24) is 19.7 Å². The van der Waals surface area contributed by atoms with Crippen LogP contribution >= 0.6 is 11.8 Å². The molecule has 1 aliphatic rings. The molecule has 7 heteroatoms. The molecule has 0 amide bonds. The topological polar surface area (TPSA) is 76.7 Å². The van der Waals surface area contributed by atoms with Crippen LogP contribution in [0.3, 0.4) is 0 Å². The van der Waals surface area contributed by atoms with Crippen LogP contribution in [0.25, 0.3) is 11.0 Å². The Morgan fingerprint density at radius 3 is 2.92 bits per heavy atom.